The summed E-state index contributed by atoms with van der Waals surface area (Å²) in [6.07, 6.45) is 7.77. The van der Waals surface area contributed by atoms with E-state index in [1.807, 2.05) is 18.2 Å². The van der Waals surface area contributed by atoms with Crippen LogP contribution in [0.1, 0.15) is 33.6 Å². The van der Waals surface area contributed by atoms with Crippen LogP contribution >= 0.6 is 11.6 Å². The SMILES string of the molecule is COc1ccc(Cc2ccc(C(=O)O)nc2)c(F)c1C1=CC=C[C@H](Cl)C1. The highest BCUT2D eigenvalue weighted by atomic mass is 35.5. The van der Waals surface area contributed by atoms with Crippen LogP contribution in [0.3, 0.4) is 0 Å². The number of aromatic carboxylic acids is 1. The number of nitrogens with zero attached hydrogens (tertiary/aromatic N) is 1. The van der Waals surface area contributed by atoms with E-state index in [9.17, 15) is 4.79 Å². The standard InChI is InChI=1S/C20H17ClFNO3/c1-26-17-8-6-14(9-12-5-7-16(20(24)25)23-11-12)19(22)18(17)13-3-2-4-15(21)10-13/h2-8,11,15H,9-10H2,1H3,(H,24,25)/t15-/m0/s1. The molecule has 0 fully saturated rings. The van der Waals surface area contributed by atoms with Crippen LogP contribution in [0.25, 0.3) is 5.57 Å². The van der Waals surface area contributed by atoms with Gasteiger partial charge < -0.3 is 9.84 Å². The Kier molecular flexibility index (Phi) is 5.38. The fourth-order valence-corrected chi connectivity index (χ4v) is 3.16. The lowest BCUT2D eigenvalue weighted by molar-refractivity contribution is 0.0690. The molecule has 2 aromatic rings. The maximum atomic E-state index is 15.2. The van der Waals surface area contributed by atoms with Crippen molar-refractivity contribution in [3.63, 3.8) is 0 Å². The second-order valence-electron chi connectivity index (χ2n) is 5.95. The average molecular weight is 374 g/mol. The van der Waals surface area contributed by atoms with Gasteiger partial charge in [-0.25, -0.2) is 14.2 Å². The lowest BCUT2D eigenvalue weighted by Gasteiger charge is -2.18. The van der Waals surface area contributed by atoms with Crippen molar-refractivity contribution in [1.82, 2.24) is 4.98 Å². The molecule has 0 spiro atoms. The molecular formula is C20H17ClFNO3. The Morgan fingerprint density at radius 1 is 1.38 bits per heavy atom. The van der Waals surface area contributed by atoms with Crippen molar-refractivity contribution in [2.75, 3.05) is 7.11 Å². The summed E-state index contributed by atoms with van der Waals surface area (Å²) in [6.45, 7) is 0. The zero-order valence-electron chi connectivity index (χ0n) is 14.1. The summed E-state index contributed by atoms with van der Waals surface area (Å²) in [4.78, 5) is 14.8. The number of methoxy groups -OCH3 is 1. The van der Waals surface area contributed by atoms with Crippen LogP contribution < -0.4 is 4.74 Å². The summed E-state index contributed by atoms with van der Waals surface area (Å²) in [5, 5.41) is 8.73. The molecule has 0 bridgehead atoms. The number of benzene rings is 1. The number of halogens is 2. The first-order valence-electron chi connectivity index (χ1n) is 8.05. The zero-order chi connectivity index (χ0) is 18.7. The van der Waals surface area contributed by atoms with Crippen LogP contribution in [0.2, 0.25) is 0 Å². The minimum absolute atomic E-state index is 0.0445. The Hall–Kier alpha value is -2.66. The minimum atomic E-state index is -1.10. The smallest absolute Gasteiger partial charge is 0.354 e. The second kappa shape index (κ2) is 7.70. The third kappa shape index (κ3) is 3.78. The molecule has 4 nitrogen and oxygen atoms in total. The molecule has 1 aliphatic rings. The summed E-state index contributed by atoms with van der Waals surface area (Å²) in [5.41, 5.74) is 2.35. The number of carbonyl (C=O) groups is 1. The lowest BCUT2D eigenvalue weighted by atomic mass is 9.92. The molecular weight excluding hydrogens is 357 g/mol. The number of hydrogen-bond acceptors (Lipinski definition) is 3. The number of aromatic nitrogens is 1. The van der Waals surface area contributed by atoms with Gasteiger partial charge in [0.15, 0.2) is 0 Å². The van der Waals surface area contributed by atoms with E-state index in [0.717, 1.165) is 11.1 Å². The third-order valence-electron chi connectivity index (χ3n) is 4.20. The molecule has 0 saturated carbocycles. The van der Waals surface area contributed by atoms with Gasteiger partial charge >= 0.3 is 5.97 Å². The van der Waals surface area contributed by atoms with Crippen LogP contribution in [0.4, 0.5) is 4.39 Å². The van der Waals surface area contributed by atoms with Crippen molar-refractivity contribution >= 4 is 23.1 Å². The second-order valence-corrected chi connectivity index (χ2v) is 6.51. The van der Waals surface area contributed by atoms with Crippen LogP contribution in [0.5, 0.6) is 5.75 Å². The van der Waals surface area contributed by atoms with Gasteiger partial charge in [-0.1, -0.05) is 30.4 Å². The number of alkyl halides is 1. The first-order chi connectivity index (χ1) is 12.5. The molecule has 0 saturated heterocycles. The molecule has 6 heteroatoms. The number of hydrogen-bond donors (Lipinski definition) is 1. The highest BCUT2D eigenvalue weighted by Gasteiger charge is 2.21. The Morgan fingerprint density at radius 2 is 2.19 bits per heavy atom. The topological polar surface area (TPSA) is 59.4 Å². The van der Waals surface area contributed by atoms with Gasteiger partial charge in [-0.2, -0.15) is 0 Å². The normalized spacial score (nSPS) is 16.3. The molecule has 1 aromatic carbocycles. The van der Waals surface area contributed by atoms with Gasteiger partial charge in [-0.3, -0.25) is 0 Å². The van der Waals surface area contributed by atoms with Gasteiger partial charge in [0.2, 0.25) is 0 Å². The fraction of sp³-hybridized carbons (Fsp3) is 0.200. The quantitative estimate of drug-likeness (QED) is 0.785. The highest BCUT2D eigenvalue weighted by Crippen LogP contribution is 2.36. The van der Waals surface area contributed by atoms with Crippen LogP contribution in [-0.4, -0.2) is 28.5 Å². The largest absolute Gasteiger partial charge is 0.496 e. The van der Waals surface area contributed by atoms with E-state index in [-0.39, 0.29) is 16.9 Å². The number of carboxylic acids is 1. The van der Waals surface area contributed by atoms with Crippen molar-refractivity contribution in [3.8, 4) is 5.75 Å². The van der Waals surface area contributed by atoms with E-state index in [2.05, 4.69) is 4.98 Å². The number of rotatable bonds is 5. The van der Waals surface area contributed by atoms with E-state index in [0.29, 0.717) is 29.7 Å². The van der Waals surface area contributed by atoms with E-state index in [1.54, 1.807) is 18.2 Å². The Morgan fingerprint density at radius 3 is 2.81 bits per heavy atom. The van der Waals surface area contributed by atoms with Gasteiger partial charge in [-0.05, 0) is 35.3 Å². The molecule has 0 radical (unpaired) electrons. The molecule has 0 unspecified atom stereocenters. The van der Waals surface area contributed by atoms with Gasteiger partial charge in [0, 0.05) is 12.6 Å². The Balaban J connectivity index is 1.96. The molecule has 26 heavy (non-hydrogen) atoms. The van der Waals surface area contributed by atoms with Crippen LogP contribution in [0.15, 0.2) is 48.7 Å². The number of carboxylic acid groups (broad SMARTS) is 1. The van der Waals surface area contributed by atoms with E-state index in [1.165, 1.54) is 19.4 Å². The average Bonchev–Trinajstić information content (AvgIpc) is 2.63. The highest BCUT2D eigenvalue weighted by molar-refractivity contribution is 6.22. The minimum Gasteiger partial charge on any atom is -0.496 e. The molecule has 1 atom stereocenters. The van der Waals surface area contributed by atoms with Gasteiger partial charge in [0.25, 0.3) is 0 Å². The first-order valence-corrected chi connectivity index (χ1v) is 8.48. The number of ether oxygens (including phenoxy) is 1. The number of allylic oxidation sites excluding steroid dienone is 4. The van der Waals surface area contributed by atoms with Gasteiger partial charge in [0.05, 0.1) is 18.1 Å². The first kappa shape index (κ1) is 18.1. The molecule has 0 aliphatic heterocycles. The summed E-state index contributed by atoms with van der Waals surface area (Å²) in [5.74, 6) is -1.00. The molecule has 0 amide bonds. The van der Waals surface area contributed by atoms with Crippen molar-refractivity contribution in [2.24, 2.45) is 0 Å². The lowest BCUT2D eigenvalue weighted by Crippen LogP contribution is -2.06. The molecule has 134 valence electrons. The van der Waals surface area contributed by atoms with Crippen molar-refractivity contribution in [3.05, 3.63) is 76.9 Å². The Labute approximate surface area is 155 Å². The van der Waals surface area contributed by atoms with Crippen molar-refractivity contribution < 1.29 is 19.0 Å². The predicted molar refractivity (Wildman–Crippen MR) is 98.3 cm³/mol. The van der Waals surface area contributed by atoms with E-state index < -0.39 is 5.97 Å². The monoisotopic (exact) mass is 373 g/mol. The van der Waals surface area contributed by atoms with Crippen LogP contribution in [0, 0.1) is 5.82 Å². The summed E-state index contributed by atoms with van der Waals surface area (Å²) >= 11 is 6.17. The molecule has 1 aliphatic carbocycles. The summed E-state index contributed by atoms with van der Waals surface area (Å²) in [6, 6.07) is 6.44. The third-order valence-corrected chi connectivity index (χ3v) is 4.50. The molecule has 1 heterocycles. The van der Waals surface area contributed by atoms with Gasteiger partial charge in [-0.15, -0.1) is 11.6 Å². The molecule has 1 aromatic heterocycles. The predicted octanol–water partition coefficient (Wildman–Crippen LogP) is 4.47. The van der Waals surface area contributed by atoms with Crippen LogP contribution in [-0.2, 0) is 6.42 Å². The molecule has 3 rings (SSSR count). The van der Waals surface area contributed by atoms with Crippen molar-refractivity contribution in [2.45, 2.75) is 18.2 Å². The fourth-order valence-electron chi connectivity index (χ4n) is 2.91. The zero-order valence-corrected chi connectivity index (χ0v) is 14.8. The maximum Gasteiger partial charge on any atom is 0.354 e. The van der Waals surface area contributed by atoms with Gasteiger partial charge in [0.1, 0.15) is 17.3 Å². The van der Waals surface area contributed by atoms with Crippen molar-refractivity contribution in [1.29, 1.82) is 0 Å². The summed E-state index contributed by atoms with van der Waals surface area (Å²) < 4.78 is 20.6. The van der Waals surface area contributed by atoms with E-state index >= 15 is 4.39 Å². The Bertz CT molecular complexity index is 891. The maximum absolute atomic E-state index is 15.2. The molecule has 1 N–H and O–H groups in total. The van der Waals surface area contributed by atoms with E-state index in [4.69, 9.17) is 21.4 Å². The summed E-state index contributed by atoms with van der Waals surface area (Å²) in [7, 11) is 1.50. The number of pyridine rings is 1.